The molecule has 2 heterocycles. The van der Waals surface area contributed by atoms with E-state index in [0.29, 0.717) is 18.7 Å². The zero-order valence-electron chi connectivity index (χ0n) is 13.8. The molecule has 0 unspecified atom stereocenters. The van der Waals surface area contributed by atoms with E-state index in [9.17, 15) is 4.79 Å². The van der Waals surface area contributed by atoms with Crippen LogP contribution in [0.15, 0.2) is 47.1 Å². The number of H-pyrrole nitrogens is 1. The Morgan fingerprint density at radius 1 is 1.22 bits per heavy atom. The van der Waals surface area contributed by atoms with Gasteiger partial charge in [-0.2, -0.15) is 0 Å². The Kier molecular flexibility index (Phi) is 3.99. The molecule has 1 amide bonds. The molecule has 2 N–H and O–H groups in total. The molecule has 0 aliphatic rings. The van der Waals surface area contributed by atoms with E-state index in [1.54, 1.807) is 6.26 Å². The normalized spacial score (nSPS) is 11.8. The molecule has 0 fully saturated rings. The Balaban J connectivity index is 1.70. The predicted molar refractivity (Wildman–Crippen MR) is 91.7 cm³/mol. The van der Waals surface area contributed by atoms with Gasteiger partial charge in [0.15, 0.2) is 0 Å². The van der Waals surface area contributed by atoms with Gasteiger partial charge >= 0.3 is 0 Å². The van der Waals surface area contributed by atoms with E-state index in [-0.39, 0.29) is 11.3 Å². The minimum atomic E-state index is -0.0925. The summed E-state index contributed by atoms with van der Waals surface area (Å²) < 4.78 is 5.25. The van der Waals surface area contributed by atoms with Crippen LogP contribution in [0, 0.1) is 0 Å². The van der Waals surface area contributed by atoms with Crippen LogP contribution in [0.4, 0.5) is 0 Å². The highest BCUT2D eigenvalue weighted by molar-refractivity contribution is 5.98. The van der Waals surface area contributed by atoms with Gasteiger partial charge in [-0.15, -0.1) is 0 Å². The van der Waals surface area contributed by atoms with E-state index in [0.717, 1.165) is 16.7 Å². The van der Waals surface area contributed by atoms with Crippen molar-refractivity contribution < 1.29 is 9.21 Å². The average Bonchev–Trinajstić information content (AvgIpc) is 3.14. The summed E-state index contributed by atoms with van der Waals surface area (Å²) in [5.41, 5.74) is 2.92. The molecule has 0 radical (unpaired) electrons. The lowest BCUT2D eigenvalue weighted by atomic mass is 9.87. The largest absolute Gasteiger partial charge is 0.469 e. The smallest absolute Gasteiger partial charge is 0.267 e. The molecule has 0 saturated heterocycles. The fraction of sp³-hybridized carbons (Fsp3) is 0.316. The monoisotopic (exact) mass is 310 g/mol. The van der Waals surface area contributed by atoms with Crippen LogP contribution in [0.1, 0.15) is 42.6 Å². The van der Waals surface area contributed by atoms with Crippen molar-refractivity contribution in [3.8, 4) is 0 Å². The second-order valence-corrected chi connectivity index (χ2v) is 6.82. The summed E-state index contributed by atoms with van der Waals surface area (Å²) in [6, 6.07) is 11.9. The molecule has 1 aromatic carbocycles. The molecule has 4 nitrogen and oxygen atoms in total. The molecular formula is C19H22N2O2. The number of benzene rings is 1. The first-order valence-corrected chi connectivity index (χ1v) is 7.87. The number of fused-ring (bicyclic) bond motifs is 1. The van der Waals surface area contributed by atoms with Crippen molar-refractivity contribution in [2.75, 3.05) is 6.54 Å². The topological polar surface area (TPSA) is 58.0 Å². The number of carbonyl (C=O) groups excluding carboxylic acids is 1. The zero-order valence-corrected chi connectivity index (χ0v) is 13.8. The van der Waals surface area contributed by atoms with Gasteiger partial charge in [0.2, 0.25) is 0 Å². The Hall–Kier alpha value is -2.49. The third kappa shape index (κ3) is 3.47. The van der Waals surface area contributed by atoms with Crippen molar-refractivity contribution in [2.24, 2.45) is 0 Å². The molecule has 3 aromatic rings. The van der Waals surface area contributed by atoms with Gasteiger partial charge in [-0.05, 0) is 35.2 Å². The molecule has 0 atom stereocenters. The SMILES string of the molecule is CC(C)(C)c1ccc2cc(C(=O)NCCc3ccco3)[nH]c2c1. The summed E-state index contributed by atoms with van der Waals surface area (Å²) in [6.07, 6.45) is 2.33. The van der Waals surface area contributed by atoms with Crippen molar-refractivity contribution in [1.29, 1.82) is 0 Å². The fourth-order valence-electron chi connectivity index (χ4n) is 2.57. The highest BCUT2D eigenvalue weighted by Gasteiger charge is 2.15. The summed E-state index contributed by atoms with van der Waals surface area (Å²) in [4.78, 5) is 15.5. The molecule has 0 bridgehead atoms. The zero-order chi connectivity index (χ0) is 16.4. The number of amides is 1. The van der Waals surface area contributed by atoms with Gasteiger partial charge in [-0.3, -0.25) is 4.79 Å². The Morgan fingerprint density at radius 3 is 2.74 bits per heavy atom. The van der Waals surface area contributed by atoms with E-state index in [4.69, 9.17) is 4.42 Å². The van der Waals surface area contributed by atoms with Gasteiger partial charge in [-0.25, -0.2) is 0 Å². The number of aromatic nitrogens is 1. The summed E-state index contributed by atoms with van der Waals surface area (Å²) in [5, 5.41) is 3.96. The minimum absolute atomic E-state index is 0.0881. The maximum Gasteiger partial charge on any atom is 0.267 e. The van der Waals surface area contributed by atoms with E-state index in [1.807, 2.05) is 18.2 Å². The van der Waals surface area contributed by atoms with Crippen molar-refractivity contribution in [3.63, 3.8) is 0 Å². The molecule has 4 heteroatoms. The third-order valence-electron chi connectivity index (χ3n) is 3.97. The van der Waals surface area contributed by atoms with Crippen LogP contribution in [0.25, 0.3) is 10.9 Å². The van der Waals surface area contributed by atoms with Crippen molar-refractivity contribution in [1.82, 2.24) is 10.3 Å². The second-order valence-electron chi connectivity index (χ2n) is 6.82. The number of hydrogen-bond donors (Lipinski definition) is 2. The average molecular weight is 310 g/mol. The Morgan fingerprint density at radius 2 is 2.04 bits per heavy atom. The number of rotatable bonds is 4. The maximum atomic E-state index is 12.3. The van der Waals surface area contributed by atoms with E-state index >= 15 is 0 Å². The molecule has 120 valence electrons. The van der Waals surface area contributed by atoms with E-state index in [1.165, 1.54) is 5.56 Å². The maximum absolute atomic E-state index is 12.3. The number of carbonyl (C=O) groups is 1. The van der Waals surface area contributed by atoms with Gasteiger partial charge < -0.3 is 14.7 Å². The van der Waals surface area contributed by atoms with Crippen molar-refractivity contribution >= 4 is 16.8 Å². The Labute approximate surface area is 135 Å². The van der Waals surface area contributed by atoms with Gasteiger partial charge in [0, 0.05) is 23.9 Å². The highest BCUT2D eigenvalue weighted by Crippen LogP contribution is 2.26. The highest BCUT2D eigenvalue weighted by atomic mass is 16.3. The van der Waals surface area contributed by atoms with Crippen LogP contribution < -0.4 is 5.32 Å². The van der Waals surface area contributed by atoms with Crippen LogP contribution in [-0.4, -0.2) is 17.4 Å². The molecule has 0 spiro atoms. The number of aromatic amines is 1. The van der Waals surface area contributed by atoms with Crippen LogP contribution in [0.3, 0.4) is 0 Å². The van der Waals surface area contributed by atoms with Gasteiger partial charge in [0.05, 0.1) is 6.26 Å². The lowest BCUT2D eigenvalue weighted by molar-refractivity contribution is 0.0949. The van der Waals surface area contributed by atoms with Crippen LogP contribution >= 0.6 is 0 Å². The first-order valence-electron chi connectivity index (χ1n) is 7.87. The molecular weight excluding hydrogens is 288 g/mol. The van der Waals surface area contributed by atoms with Gasteiger partial charge in [0.1, 0.15) is 11.5 Å². The van der Waals surface area contributed by atoms with E-state index < -0.39 is 0 Å². The lowest BCUT2D eigenvalue weighted by Gasteiger charge is -2.18. The summed E-state index contributed by atoms with van der Waals surface area (Å²) >= 11 is 0. The molecule has 0 saturated carbocycles. The second kappa shape index (κ2) is 5.95. The third-order valence-corrected chi connectivity index (χ3v) is 3.97. The fourth-order valence-corrected chi connectivity index (χ4v) is 2.57. The summed E-state index contributed by atoms with van der Waals surface area (Å²) in [5.74, 6) is 0.779. The number of furan rings is 1. The summed E-state index contributed by atoms with van der Waals surface area (Å²) in [7, 11) is 0. The molecule has 3 rings (SSSR count). The van der Waals surface area contributed by atoms with Gasteiger partial charge in [0.25, 0.3) is 5.91 Å². The van der Waals surface area contributed by atoms with Crippen LogP contribution in [0.5, 0.6) is 0 Å². The van der Waals surface area contributed by atoms with Gasteiger partial charge in [-0.1, -0.05) is 32.9 Å². The Bertz CT molecular complexity index is 808. The van der Waals surface area contributed by atoms with Crippen molar-refractivity contribution in [3.05, 3.63) is 59.7 Å². The molecule has 0 aliphatic carbocycles. The number of nitrogens with one attached hydrogen (secondary N) is 2. The quantitative estimate of drug-likeness (QED) is 0.764. The predicted octanol–water partition coefficient (Wildman–Crippen LogP) is 4.03. The molecule has 23 heavy (non-hydrogen) atoms. The summed E-state index contributed by atoms with van der Waals surface area (Å²) in [6.45, 7) is 7.09. The van der Waals surface area contributed by atoms with E-state index in [2.05, 4.69) is 49.3 Å². The van der Waals surface area contributed by atoms with Crippen LogP contribution in [0.2, 0.25) is 0 Å². The number of hydrogen-bond acceptors (Lipinski definition) is 2. The standard InChI is InChI=1S/C19H22N2O2/c1-19(2,3)14-7-6-13-11-17(21-16(13)12-14)18(22)20-9-8-15-5-4-10-23-15/h4-7,10-12,21H,8-9H2,1-3H3,(H,20,22). The van der Waals surface area contributed by atoms with Crippen molar-refractivity contribution in [2.45, 2.75) is 32.6 Å². The molecule has 0 aliphatic heterocycles. The molecule has 2 aromatic heterocycles. The van der Waals surface area contributed by atoms with Crippen LogP contribution in [-0.2, 0) is 11.8 Å². The first kappa shape index (κ1) is 15.4. The minimum Gasteiger partial charge on any atom is -0.469 e. The first-order chi connectivity index (χ1) is 10.9. The lowest BCUT2D eigenvalue weighted by Crippen LogP contribution is -2.25.